The van der Waals surface area contributed by atoms with Gasteiger partial charge in [0.1, 0.15) is 22.5 Å². The zero-order valence-corrected chi connectivity index (χ0v) is 22.6. The van der Waals surface area contributed by atoms with Crippen molar-refractivity contribution in [3.05, 3.63) is 92.4 Å². The number of esters is 1. The lowest BCUT2D eigenvalue weighted by atomic mass is 9.84. The maximum absolute atomic E-state index is 14.1. The number of nitrogens with zero attached hydrogens (tertiary/aromatic N) is 1. The van der Waals surface area contributed by atoms with Gasteiger partial charge in [-0.25, -0.2) is 0 Å². The first-order valence-corrected chi connectivity index (χ1v) is 13.2. The molecule has 3 aromatic carbocycles. The van der Waals surface area contributed by atoms with Crippen molar-refractivity contribution in [1.29, 1.82) is 0 Å². The summed E-state index contributed by atoms with van der Waals surface area (Å²) in [6, 6.07) is 17.2. The molecule has 9 heteroatoms. The van der Waals surface area contributed by atoms with E-state index in [0.29, 0.717) is 28.8 Å². The molecule has 208 valence electrons. The molecule has 2 N–H and O–H groups in total. The first-order valence-electron chi connectivity index (χ1n) is 13.2. The minimum absolute atomic E-state index is 0.0697. The molecule has 1 aliphatic rings. The van der Waals surface area contributed by atoms with E-state index in [1.807, 2.05) is 26.0 Å². The van der Waals surface area contributed by atoms with E-state index in [1.54, 1.807) is 54.1 Å². The third-order valence-electron chi connectivity index (χ3n) is 7.36. The third kappa shape index (κ3) is 4.30. The number of phenols is 2. The number of carbonyl (C=O) groups excluding carboxylic acids is 1. The number of carbonyl (C=O) groups is 1. The number of fused-ring (bicyclic) bond motifs is 4. The second-order valence-electron chi connectivity index (χ2n) is 10.5. The van der Waals surface area contributed by atoms with Gasteiger partial charge in [-0.2, -0.15) is 0 Å². The lowest BCUT2D eigenvalue weighted by Crippen LogP contribution is -2.31. The van der Waals surface area contributed by atoms with Crippen LogP contribution in [0.4, 0.5) is 0 Å². The Kier molecular flexibility index (Phi) is 6.29. The Labute approximate surface area is 233 Å². The molecule has 9 nitrogen and oxygen atoms in total. The Morgan fingerprint density at radius 3 is 2.46 bits per heavy atom. The van der Waals surface area contributed by atoms with Crippen LogP contribution in [0.25, 0.3) is 33.2 Å². The number of hydrogen-bond acceptors (Lipinski definition) is 8. The molecule has 0 saturated carbocycles. The van der Waals surface area contributed by atoms with Gasteiger partial charge in [-0.3, -0.25) is 14.4 Å². The molecule has 1 atom stereocenters. The molecule has 0 saturated heterocycles. The van der Waals surface area contributed by atoms with Crippen LogP contribution in [0.1, 0.15) is 37.3 Å². The SMILES string of the molecule is COc1ccc2c(c1)cc([C@H]1CC(=O)Oc3c(O)c(O)c4c(=O)cc(-c5ccccc5)oc4c31)c(=O)n2CC(C)C. The quantitative estimate of drug-likeness (QED) is 0.171. The van der Waals surface area contributed by atoms with Crippen LogP contribution in [0.2, 0.25) is 0 Å². The smallest absolute Gasteiger partial charge is 0.312 e. The first kappa shape index (κ1) is 26.2. The number of ether oxygens (including phenoxy) is 2. The molecule has 5 aromatic rings. The third-order valence-corrected chi connectivity index (χ3v) is 7.36. The lowest BCUT2D eigenvalue weighted by molar-refractivity contribution is -0.135. The number of phenolic OH excluding ortho intramolecular Hbond substituents is 2. The van der Waals surface area contributed by atoms with Crippen LogP contribution >= 0.6 is 0 Å². The van der Waals surface area contributed by atoms with E-state index in [9.17, 15) is 24.6 Å². The van der Waals surface area contributed by atoms with Gasteiger partial charge in [0.05, 0.1) is 24.6 Å². The highest BCUT2D eigenvalue weighted by Crippen LogP contribution is 2.52. The van der Waals surface area contributed by atoms with Gasteiger partial charge in [-0.1, -0.05) is 44.2 Å². The van der Waals surface area contributed by atoms with Crippen LogP contribution in [-0.4, -0.2) is 27.9 Å². The second-order valence-corrected chi connectivity index (χ2v) is 10.5. The topological polar surface area (TPSA) is 128 Å². The maximum atomic E-state index is 14.1. The zero-order chi connectivity index (χ0) is 29.0. The van der Waals surface area contributed by atoms with E-state index in [4.69, 9.17) is 13.9 Å². The highest BCUT2D eigenvalue weighted by atomic mass is 16.5. The second kappa shape index (κ2) is 9.85. The van der Waals surface area contributed by atoms with Crippen LogP contribution in [-0.2, 0) is 11.3 Å². The summed E-state index contributed by atoms with van der Waals surface area (Å²) in [4.78, 5) is 40.3. The van der Waals surface area contributed by atoms with Crippen molar-refractivity contribution >= 4 is 27.8 Å². The van der Waals surface area contributed by atoms with Gasteiger partial charge in [0.15, 0.2) is 16.9 Å². The van der Waals surface area contributed by atoms with E-state index in [0.717, 1.165) is 0 Å². The molecule has 0 aliphatic carbocycles. The largest absolute Gasteiger partial charge is 0.504 e. The summed E-state index contributed by atoms with van der Waals surface area (Å²) in [5, 5.41) is 22.2. The Hall–Kier alpha value is -5.05. The van der Waals surface area contributed by atoms with Crippen LogP contribution in [0, 0.1) is 5.92 Å². The molecule has 41 heavy (non-hydrogen) atoms. The molecular formula is C32H27NO8. The van der Waals surface area contributed by atoms with E-state index in [-0.39, 0.29) is 51.5 Å². The molecule has 0 spiro atoms. The lowest BCUT2D eigenvalue weighted by Gasteiger charge is -2.27. The van der Waals surface area contributed by atoms with Gasteiger partial charge < -0.3 is 28.7 Å². The van der Waals surface area contributed by atoms with Crippen LogP contribution < -0.4 is 20.5 Å². The predicted molar refractivity (Wildman–Crippen MR) is 153 cm³/mol. The van der Waals surface area contributed by atoms with E-state index in [1.165, 1.54) is 6.07 Å². The Bertz CT molecular complexity index is 1970. The molecule has 6 rings (SSSR count). The Balaban J connectivity index is 1.71. The average Bonchev–Trinajstić information content (AvgIpc) is 2.96. The number of pyridine rings is 1. The van der Waals surface area contributed by atoms with Gasteiger partial charge in [-0.05, 0) is 30.2 Å². The molecule has 0 unspecified atom stereocenters. The normalized spacial score (nSPS) is 14.8. The van der Waals surface area contributed by atoms with Gasteiger partial charge >= 0.3 is 5.97 Å². The molecule has 3 heterocycles. The summed E-state index contributed by atoms with van der Waals surface area (Å²) in [5.74, 6) is -2.60. The molecule has 2 aromatic heterocycles. The maximum Gasteiger partial charge on any atom is 0.312 e. The summed E-state index contributed by atoms with van der Waals surface area (Å²) in [7, 11) is 1.55. The van der Waals surface area contributed by atoms with E-state index < -0.39 is 28.8 Å². The summed E-state index contributed by atoms with van der Waals surface area (Å²) in [6.07, 6.45) is -0.252. The van der Waals surface area contributed by atoms with Crippen LogP contribution in [0.3, 0.4) is 0 Å². The molecule has 0 amide bonds. The molecule has 0 radical (unpaired) electrons. The first-order chi connectivity index (χ1) is 19.7. The summed E-state index contributed by atoms with van der Waals surface area (Å²) in [5.41, 5.74) is 0.696. The predicted octanol–water partition coefficient (Wildman–Crippen LogP) is 5.29. The highest BCUT2D eigenvalue weighted by molar-refractivity contribution is 5.96. The average molecular weight is 554 g/mol. The molecule has 0 bridgehead atoms. The van der Waals surface area contributed by atoms with E-state index >= 15 is 0 Å². The minimum atomic E-state index is -0.948. The monoisotopic (exact) mass is 553 g/mol. The van der Waals surface area contributed by atoms with Crippen molar-refractivity contribution in [2.75, 3.05) is 7.11 Å². The van der Waals surface area contributed by atoms with Crippen LogP contribution in [0.5, 0.6) is 23.0 Å². The number of benzene rings is 3. The van der Waals surface area contributed by atoms with Crippen molar-refractivity contribution < 1.29 is 28.9 Å². The Morgan fingerprint density at radius 2 is 1.76 bits per heavy atom. The zero-order valence-electron chi connectivity index (χ0n) is 22.6. The number of rotatable bonds is 5. The van der Waals surface area contributed by atoms with Crippen molar-refractivity contribution in [2.24, 2.45) is 5.92 Å². The minimum Gasteiger partial charge on any atom is -0.504 e. The summed E-state index contributed by atoms with van der Waals surface area (Å²) in [6.45, 7) is 4.40. The number of aromatic hydroxyl groups is 2. The highest BCUT2D eigenvalue weighted by Gasteiger charge is 2.38. The van der Waals surface area contributed by atoms with Crippen molar-refractivity contribution in [3.8, 4) is 34.3 Å². The number of hydrogen-bond donors (Lipinski definition) is 2. The van der Waals surface area contributed by atoms with Gasteiger partial charge in [0, 0.05) is 35.0 Å². The number of aromatic nitrogens is 1. The summed E-state index contributed by atoms with van der Waals surface area (Å²) < 4.78 is 18.7. The summed E-state index contributed by atoms with van der Waals surface area (Å²) >= 11 is 0. The Morgan fingerprint density at radius 1 is 1.00 bits per heavy atom. The van der Waals surface area contributed by atoms with Gasteiger partial charge in [0.25, 0.3) is 5.56 Å². The van der Waals surface area contributed by atoms with Crippen molar-refractivity contribution in [2.45, 2.75) is 32.7 Å². The van der Waals surface area contributed by atoms with Gasteiger partial charge in [-0.15, -0.1) is 0 Å². The van der Waals surface area contributed by atoms with E-state index in [2.05, 4.69) is 0 Å². The fraction of sp³-hybridized carbons (Fsp3) is 0.219. The molecule has 1 aliphatic heterocycles. The fourth-order valence-electron chi connectivity index (χ4n) is 5.53. The van der Waals surface area contributed by atoms with Crippen molar-refractivity contribution in [1.82, 2.24) is 4.57 Å². The molecule has 0 fully saturated rings. The van der Waals surface area contributed by atoms with Gasteiger partial charge in [0.2, 0.25) is 5.75 Å². The van der Waals surface area contributed by atoms with Crippen molar-refractivity contribution in [3.63, 3.8) is 0 Å². The fourth-order valence-corrected chi connectivity index (χ4v) is 5.53. The standard InChI is InChI=1S/C32H27NO8/c1-16(2)15-33-22-10-9-19(39-3)11-18(22)12-21(32(33)38)20-13-25(35)41-31-26(20)30-27(28(36)29(31)37)23(34)14-24(40-30)17-7-5-4-6-8-17/h4-12,14,16,20,36-37H,13,15H2,1-3H3/t20-/m1/s1. The van der Waals surface area contributed by atoms with Crippen LogP contribution in [0.15, 0.2) is 74.7 Å². The molecular weight excluding hydrogens is 526 g/mol. The number of methoxy groups -OCH3 is 1.